The van der Waals surface area contributed by atoms with Crippen LogP contribution in [0.4, 0.5) is 0 Å². The van der Waals surface area contributed by atoms with E-state index in [-0.39, 0.29) is 0 Å². The van der Waals surface area contributed by atoms with E-state index in [4.69, 9.17) is 5.41 Å². The van der Waals surface area contributed by atoms with Crippen LogP contribution in [0.2, 0.25) is 0 Å². The van der Waals surface area contributed by atoms with Crippen LogP contribution < -0.4 is 0 Å². The minimum Gasteiger partial charge on any atom is -0.317 e. The molecule has 0 spiro atoms. The van der Waals surface area contributed by atoms with Crippen LogP contribution in [0.15, 0.2) is 40.6 Å². The molecule has 0 saturated heterocycles. The zero-order chi connectivity index (χ0) is 16.0. The van der Waals surface area contributed by atoms with E-state index in [1.807, 2.05) is 64.1 Å². The maximum absolute atomic E-state index is 10.8. The highest BCUT2D eigenvalue weighted by Crippen LogP contribution is 2.31. The zero-order valence-corrected chi connectivity index (χ0v) is 14.2. The van der Waals surface area contributed by atoms with Gasteiger partial charge in [-0.3, -0.25) is 4.79 Å². The summed E-state index contributed by atoms with van der Waals surface area (Å²) in [6.45, 7) is 10.5. The lowest BCUT2D eigenvalue weighted by atomic mass is 10.1. The maximum atomic E-state index is 10.8. The number of thiophene rings is 1. The number of thiol groups is 1. The third kappa shape index (κ3) is 6.68. The summed E-state index contributed by atoms with van der Waals surface area (Å²) in [5.41, 5.74) is 2.03. The average molecular weight is 310 g/mol. The smallest absolute Gasteiger partial charge is 0.160 e. The Morgan fingerprint density at radius 3 is 2.05 bits per heavy atom. The Morgan fingerprint density at radius 2 is 1.60 bits per heavy atom. The van der Waals surface area contributed by atoms with Crippen molar-refractivity contribution in [3.63, 3.8) is 0 Å². The molecular formula is C16H23NOS2. The Hall–Kier alpha value is -1.39. The van der Waals surface area contributed by atoms with E-state index in [9.17, 15) is 4.79 Å². The maximum Gasteiger partial charge on any atom is 0.160 e. The van der Waals surface area contributed by atoms with Crippen molar-refractivity contribution in [2.24, 2.45) is 0 Å². The molecule has 0 unspecified atom stereocenters. The van der Waals surface area contributed by atoms with Crippen molar-refractivity contribution >= 4 is 37.0 Å². The van der Waals surface area contributed by atoms with Crippen LogP contribution in [0.25, 0.3) is 11.1 Å². The predicted octanol–water partition coefficient (Wildman–Crippen LogP) is 5.83. The second-order valence-corrected chi connectivity index (χ2v) is 4.71. The quantitative estimate of drug-likeness (QED) is 0.409. The van der Waals surface area contributed by atoms with Crippen LogP contribution >= 0.6 is 24.0 Å². The van der Waals surface area contributed by atoms with E-state index < -0.39 is 0 Å². The van der Waals surface area contributed by atoms with E-state index in [1.165, 1.54) is 11.3 Å². The van der Waals surface area contributed by atoms with E-state index in [2.05, 4.69) is 19.3 Å². The molecule has 110 valence electrons. The molecule has 2 aromatic rings. The Labute approximate surface area is 131 Å². The van der Waals surface area contributed by atoms with Crippen LogP contribution in [-0.4, -0.2) is 13.0 Å². The minimum absolute atomic E-state index is 0.737. The highest BCUT2D eigenvalue weighted by molar-refractivity contribution is 7.83. The van der Waals surface area contributed by atoms with Crippen molar-refractivity contribution in [2.75, 3.05) is 0 Å². The fourth-order valence-electron chi connectivity index (χ4n) is 1.32. The number of carbonyl (C=O) groups excluding carboxylic acids is 1. The second kappa shape index (κ2) is 14.0. The normalized spacial score (nSPS) is 7.85. The van der Waals surface area contributed by atoms with Gasteiger partial charge in [0.1, 0.15) is 0 Å². The molecule has 0 saturated carbocycles. The molecule has 2 rings (SSSR count). The molecule has 20 heavy (non-hydrogen) atoms. The number of benzene rings is 1. The Balaban J connectivity index is 0. The van der Waals surface area contributed by atoms with Gasteiger partial charge in [-0.05, 0) is 18.3 Å². The van der Waals surface area contributed by atoms with Crippen molar-refractivity contribution in [1.82, 2.24) is 0 Å². The summed E-state index contributed by atoms with van der Waals surface area (Å²) in [5, 5.41) is 5.50. The summed E-state index contributed by atoms with van der Waals surface area (Å²) in [6.07, 6.45) is 0.882. The summed E-state index contributed by atoms with van der Waals surface area (Å²) < 4.78 is 0.867. The molecule has 2 nitrogen and oxygen atoms in total. The van der Waals surface area contributed by atoms with Gasteiger partial charge in [0.05, 0.1) is 9.09 Å². The minimum atomic E-state index is 0.737. The molecule has 0 atom stereocenters. The molecule has 0 bridgehead atoms. The number of nitrogens with one attached hydrogen (secondary N) is 1. The highest BCUT2D eigenvalue weighted by atomic mass is 32.2. The van der Waals surface area contributed by atoms with Gasteiger partial charge >= 0.3 is 0 Å². The SMILES string of the molecule is C=N.CC.CC.O=Cc1sc(S)cc1-c1ccccc1. The van der Waals surface area contributed by atoms with E-state index in [0.29, 0.717) is 0 Å². The Kier molecular flexibility index (Phi) is 14.7. The fourth-order valence-corrected chi connectivity index (χ4v) is 2.48. The molecule has 0 aliphatic carbocycles. The third-order valence-corrected chi connectivity index (χ3v) is 3.21. The van der Waals surface area contributed by atoms with Gasteiger partial charge in [-0.25, -0.2) is 0 Å². The number of aldehydes is 1. The van der Waals surface area contributed by atoms with Crippen molar-refractivity contribution in [1.29, 1.82) is 5.41 Å². The van der Waals surface area contributed by atoms with Crippen molar-refractivity contribution in [3.8, 4) is 11.1 Å². The van der Waals surface area contributed by atoms with Gasteiger partial charge in [-0.2, -0.15) is 0 Å². The monoisotopic (exact) mass is 309 g/mol. The molecule has 0 amide bonds. The molecule has 4 heteroatoms. The Bertz CT molecular complexity index is 467. The topological polar surface area (TPSA) is 40.9 Å². The van der Waals surface area contributed by atoms with E-state index >= 15 is 0 Å². The first-order valence-corrected chi connectivity index (χ1v) is 7.76. The first-order chi connectivity index (χ1) is 9.81. The first kappa shape index (κ1) is 20.9. The van der Waals surface area contributed by atoms with Crippen LogP contribution in [0.1, 0.15) is 37.4 Å². The lowest BCUT2D eigenvalue weighted by Crippen LogP contribution is -1.78. The standard InChI is InChI=1S/C11H8OS2.2C2H6.CH3N/c12-7-10-9(6-11(13)14-10)8-4-2-1-3-5-8;3*1-2/h1-7,13H;2*1-2H3;2H,1H2. The van der Waals surface area contributed by atoms with Gasteiger partial charge in [-0.15, -0.1) is 24.0 Å². The third-order valence-electron chi connectivity index (χ3n) is 1.94. The van der Waals surface area contributed by atoms with Crippen LogP contribution in [0, 0.1) is 5.41 Å². The van der Waals surface area contributed by atoms with Gasteiger partial charge in [0.25, 0.3) is 0 Å². The fraction of sp³-hybridized carbons (Fsp3) is 0.250. The molecule has 0 radical (unpaired) electrons. The summed E-state index contributed by atoms with van der Waals surface area (Å²) in [5.74, 6) is 0. The lowest BCUT2D eigenvalue weighted by molar-refractivity contribution is 0.112. The van der Waals surface area contributed by atoms with E-state index in [1.54, 1.807) is 0 Å². The van der Waals surface area contributed by atoms with Crippen LogP contribution in [0.3, 0.4) is 0 Å². The molecule has 0 fully saturated rings. The molecule has 0 aliphatic heterocycles. The predicted molar refractivity (Wildman–Crippen MR) is 94.9 cm³/mol. The Morgan fingerprint density at radius 1 is 1.10 bits per heavy atom. The van der Waals surface area contributed by atoms with E-state index in [0.717, 1.165) is 26.5 Å². The number of carbonyl (C=O) groups is 1. The largest absolute Gasteiger partial charge is 0.317 e. The second-order valence-electron chi connectivity index (χ2n) is 2.85. The molecule has 1 aromatic carbocycles. The summed E-state index contributed by atoms with van der Waals surface area (Å²) in [7, 11) is 0. The molecule has 0 aliphatic rings. The van der Waals surface area contributed by atoms with Crippen molar-refractivity contribution < 1.29 is 4.79 Å². The average Bonchev–Trinajstić information content (AvgIpc) is 2.95. The van der Waals surface area contributed by atoms with Crippen LogP contribution in [0.5, 0.6) is 0 Å². The van der Waals surface area contributed by atoms with Gasteiger partial charge < -0.3 is 5.41 Å². The zero-order valence-electron chi connectivity index (χ0n) is 12.5. The summed E-state index contributed by atoms with van der Waals surface area (Å²) >= 11 is 5.64. The van der Waals surface area contributed by atoms with Gasteiger partial charge in [0.15, 0.2) is 6.29 Å². The number of rotatable bonds is 2. The summed E-state index contributed by atoms with van der Waals surface area (Å²) in [4.78, 5) is 11.5. The van der Waals surface area contributed by atoms with Gasteiger partial charge in [-0.1, -0.05) is 58.0 Å². The molecule has 1 N–H and O–H groups in total. The van der Waals surface area contributed by atoms with Gasteiger partial charge in [0.2, 0.25) is 0 Å². The highest BCUT2D eigenvalue weighted by Gasteiger charge is 2.07. The van der Waals surface area contributed by atoms with Gasteiger partial charge in [0, 0.05) is 5.56 Å². The lowest BCUT2D eigenvalue weighted by Gasteiger charge is -1.97. The van der Waals surface area contributed by atoms with Crippen LogP contribution in [-0.2, 0) is 0 Å². The molecule has 1 aromatic heterocycles. The molecule has 1 heterocycles. The first-order valence-electron chi connectivity index (χ1n) is 6.50. The molecular weight excluding hydrogens is 286 g/mol. The van der Waals surface area contributed by atoms with Crippen molar-refractivity contribution in [3.05, 3.63) is 41.3 Å². The number of hydrogen-bond donors (Lipinski definition) is 2. The number of hydrogen-bond acceptors (Lipinski definition) is 4. The summed E-state index contributed by atoms with van der Waals surface area (Å²) in [6, 6.07) is 11.8. The van der Waals surface area contributed by atoms with Crippen molar-refractivity contribution in [2.45, 2.75) is 31.9 Å².